The Morgan fingerprint density at radius 1 is 1.09 bits per heavy atom. The van der Waals surface area contributed by atoms with Gasteiger partial charge in [0.2, 0.25) is 0 Å². The molecule has 1 atom stereocenters. The summed E-state index contributed by atoms with van der Waals surface area (Å²) in [6.45, 7) is 1.35. The van der Waals surface area contributed by atoms with Gasteiger partial charge in [0.05, 0.1) is 25.7 Å². The summed E-state index contributed by atoms with van der Waals surface area (Å²) in [5, 5.41) is 9.76. The molecular weight excluding hydrogens is 496 g/mol. The zero-order valence-electron chi connectivity index (χ0n) is 17.2. The van der Waals surface area contributed by atoms with Gasteiger partial charge in [-0.25, -0.2) is 0 Å². The molecule has 0 aromatic heterocycles. The number of ether oxygens (including phenoxy) is 3. The Bertz CT molecular complexity index is 1120. The van der Waals surface area contributed by atoms with Crippen LogP contribution in [0, 0.1) is 0 Å². The van der Waals surface area contributed by atoms with Gasteiger partial charge in [0.25, 0.3) is 0 Å². The monoisotopic (exact) mass is 516 g/mol. The Balaban J connectivity index is 1.43. The highest BCUT2D eigenvalue weighted by Gasteiger charge is 2.22. The summed E-state index contributed by atoms with van der Waals surface area (Å²) < 4.78 is 18.8. The highest BCUT2D eigenvalue weighted by molar-refractivity contribution is 9.10. The molecule has 5 nitrogen and oxygen atoms in total. The first-order valence-corrected chi connectivity index (χ1v) is 11.4. The summed E-state index contributed by atoms with van der Waals surface area (Å²) in [4.78, 5) is 11.1. The fraction of sp³-hybridized carbons (Fsp3) is 0.240. The van der Waals surface area contributed by atoms with Gasteiger partial charge in [-0.15, -0.1) is 0 Å². The molecule has 4 rings (SSSR count). The summed E-state index contributed by atoms with van der Waals surface area (Å²) >= 11 is 9.72. The third-order valence-electron chi connectivity index (χ3n) is 5.13. The van der Waals surface area contributed by atoms with Crippen molar-refractivity contribution in [3.05, 3.63) is 92.4 Å². The van der Waals surface area contributed by atoms with Crippen LogP contribution in [0.25, 0.3) is 0 Å². The number of halogens is 2. The number of hydrogen-bond acceptors (Lipinski definition) is 4. The predicted octanol–water partition coefficient (Wildman–Crippen LogP) is 6.35. The van der Waals surface area contributed by atoms with Gasteiger partial charge in [0, 0.05) is 27.0 Å². The van der Waals surface area contributed by atoms with E-state index in [0.29, 0.717) is 36.2 Å². The van der Waals surface area contributed by atoms with Crippen molar-refractivity contribution in [2.45, 2.75) is 32.2 Å². The topological polar surface area (TPSA) is 65.0 Å². The Morgan fingerprint density at radius 2 is 1.88 bits per heavy atom. The van der Waals surface area contributed by atoms with E-state index in [-0.39, 0.29) is 12.5 Å². The molecule has 1 N–H and O–H groups in total. The number of aliphatic carboxylic acids is 1. The van der Waals surface area contributed by atoms with Crippen LogP contribution >= 0.6 is 27.5 Å². The van der Waals surface area contributed by atoms with Gasteiger partial charge in [-0.1, -0.05) is 51.8 Å². The normalized spacial score (nSPS) is 15.0. The number of rotatable bonds is 8. The predicted molar refractivity (Wildman–Crippen MR) is 125 cm³/mol. The molecule has 0 saturated carbocycles. The van der Waals surface area contributed by atoms with Crippen molar-refractivity contribution in [1.82, 2.24) is 0 Å². The molecule has 1 unspecified atom stereocenters. The van der Waals surface area contributed by atoms with Gasteiger partial charge >= 0.3 is 5.97 Å². The first-order chi connectivity index (χ1) is 15.5. The van der Waals surface area contributed by atoms with Crippen LogP contribution in [-0.4, -0.2) is 17.7 Å². The maximum Gasteiger partial charge on any atom is 0.307 e. The quantitative estimate of drug-likeness (QED) is 0.377. The minimum atomic E-state index is -0.890. The third kappa shape index (κ3) is 5.82. The number of carbonyl (C=O) groups is 1. The van der Waals surface area contributed by atoms with Gasteiger partial charge in [0.15, 0.2) is 0 Å². The van der Waals surface area contributed by atoms with E-state index in [1.807, 2.05) is 42.5 Å². The maximum atomic E-state index is 11.1. The van der Waals surface area contributed by atoms with Gasteiger partial charge in [-0.05, 0) is 47.5 Å². The lowest BCUT2D eigenvalue weighted by molar-refractivity contribution is -0.136. The average molecular weight is 518 g/mol. The van der Waals surface area contributed by atoms with Crippen molar-refractivity contribution in [1.29, 1.82) is 0 Å². The lowest BCUT2D eigenvalue weighted by atomic mass is 10.0. The first-order valence-electron chi connectivity index (χ1n) is 10.2. The second-order valence-electron chi connectivity index (χ2n) is 7.55. The zero-order chi connectivity index (χ0) is 22.5. The van der Waals surface area contributed by atoms with Crippen molar-refractivity contribution in [3.8, 4) is 11.5 Å². The number of carboxylic acids is 1. The molecule has 0 fully saturated rings. The van der Waals surface area contributed by atoms with Crippen molar-refractivity contribution >= 4 is 33.5 Å². The van der Waals surface area contributed by atoms with E-state index in [1.54, 1.807) is 18.2 Å². The molecule has 32 heavy (non-hydrogen) atoms. The van der Waals surface area contributed by atoms with E-state index in [4.69, 9.17) is 30.9 Å². The van der Waals surface area contributed by atoms with Crippen LogP contribution in [0.2, 0.25) is 5.02 Å². The molecule has 1 heterocycles. The highest BCUT2D eigenvalue weighted by Crippen LogP contribution is 2.36. The van der Waals surface area contributed by atoms with Gasteiger partial charge in [-0.3, -0.25) is 4.79 Å². The smallest absolute Gasteiger partial charge is 0.307 e. The summed E-state index contributed by atoms with van der Waals surface area (Å²) in [6.07, 6.45) is 0.598. The van der Waals surface area contributed by atoms with Crippen LogP contribution in [0.15, 0.2) is 65.1 Å². The van der Waals surface area contributed by atoms with Crippen LogP contribution in [0.3, 0.4) is 0 Å². The second-order valence-corrected chi connectivity index (χ2v) is 8.91. The van der Waals surface area contributed by atoms with Crippen molar-refractivity contribution in [3.63, 3.8) is 0 Å². The Kier molecular flexibility index (Phi) is 7.35. The lowest BCUT2D eigenvalue weighted by Gasteiger charge is -2.26. The summed E-state index contributed by atoms with van der Waals surface area (Å²) in [7, 11) is 0. The van der Waals surface area contributed by atoms with Crippen molar-refractivity contribution in [2.24, 2.45) is 0 Å². The molecule has 166 valence electrons. The number of benzene rings is 3. The third-order valence-corrected chi connectivity index (χ3v) is 5.83. The molecule has 0 saturated heterocycles. The Hall–Kier alpha value is -2.54. The maximum absolute atomic E-state index is 11.1. The molecule has 1 aliphatic rings. The lowest BCUT2D eigenvalue weighted by Crippen LogP contribution is -2.16. The van der Waals surface area contributed by atoms with E-state index in [0.717, 1.165) is 33.3 Å². The summed E-state index contributed by atoms with van der Waals surface area (Å²) in [5.41, 5.74) is 3.58. The number of hydrogen-bond donors (Lipinski definition) is 1. The van der Waals surface area contributed by atoms with E-state index in [2.05, 4.69) is 15.9 Å². The fourth-order valence-electron chi connectivity index (χ4n) is 3.70. The van der Waals surface area contributed by atoms with Crippen LogP contribution in [0.4, 0.5) is 0 Å². The fourth-order valence-corrected chi connectivity index (χ4v) is 4.47. The summed E-state index contributed by atoms with van der Waals surface area (Å²) in [5.74, 6) is 0.497. The molecule has 3 aromatic carbocycles. The first kappa shape index (κ1) is 22.6. The van der Waals surface area contributed by atoms with E-state index in [9.17, 15) is 4.79 Å². The molecule has 1 aliphatic heterocycles. The zero-order valence-corrected chi connectivity index (χ0v) is 19.6. The molecule has 0 aliphatic carbocycles. The van der Waals surface area contributed by atoms with E-state index >= 15 is 0 Å². The van der Waals surface area contributed by atoms with Crippen LogP contribution in [-0.2, 0) is 29.2 Å². The second kappa shape index (κ2) is 10.4. The summed E-state index contributed by atoms with van der Waals surface area (Å²) in [6, 6.07) is 18.8. The number of fused-ring (bicyclic) bond motifs is 1. The minimum absolute atomic E-state index is 0.0790. The molecule has 0 radical (unpaired) electrons. The SMILES string of the molecule is O=C(O)Cc1ccccc1OCc1cc(Br)cc(COC2CCOc3ccc(Cl)cc32)c1. The Morgan fingerprint density at radius 3 is 2.69 bits per heavy atom. The van der Waals surface area contributed by atoms with Gasteiger partial charge < -0.3 is 19.3 Å². The molecular formula is C25H22BrClO5. The van der Waals surface area contributed by atoms with Gasteiger partial charge in [-0.2, -0.15) is 0 Å². The highest BCUT2D eigenvalue weighted by atomic mass is 79.9. The van der Waals surface area contributed by atoms with Crippen LogP contribution < -0.4 is 9.47 Å². The molecule has 0 bridgehead atoms. The standard InChI is InChI=1S/C25H22BrClO5/c26-19-10-16(14-31-22-4-2-1-3-18(22)12-25(28)29)9-17(11-19)15-32-24-7-8-30-23-6-5-20(27)13-21(23)24/h1-6,9-11,13,24H,7-8,12,14-15H2,(H,28,29). The van der Waals surface area contributed by atoms with Crippen molar-refractivity contribution < 1.29 is 24.1 Å². The Labute approximate surface area is 200 Å². The average Bonchev–Trinajstić information content (AvgIpc) is 2.76. The largest absolute Gasteiger partial charge is 0.493 e. The molecule has 0 amide bonds. The van der Waals surface area contributed by atoms with E-state index in [1.165, 1.54) is 0 Å². The number of carboxylic acid groups (broad SMARTS) is 1. The molecule has 0 spiro atoms. The minimum Gasteiger partial charge on any atom is -0.493 e. The number of para-hydroxylation sites is 1. The molecule has 7 heteroatoms. The van der Waals surface area contributed by atoms with Crippen LogP contribution in [0.1, 0.15) is 34.8 Å². The van der Waals surface area contributed by atoms with Crippen molar-refractivity contribution in [2.75, 3.05) is 6.61 Å². The van der Waals surface area contributed by atoms with Crippen LogP contribution in [0.5, 0.6) is 11.5 Å². The van der Waals surface area contributed by atoms with E-state index < -0.39 is 5.97 Å². The van der Waals surface area contributed by atoms with Gasteiger partial charge in [0.1, 0.15) is 18.1 Å². The molecule has 3 aromatic rings.